The molecule has 324 valence electrons. The molecular formula is C61H59N3O. The molecule has 0 radical (unpaired) electrons. The van der Waals surface area contributed by atoms with Gasteiger partial charge in [-0.2, -0.15) is 0 Å². The molecule has 2 aromatic heterocycles. The number of imidazole rings is 1. The number of phenols is 1. The summed E-state index contributed by atoms with van der Waals surface area (Å²) in [5, 5.41) is 12.5. The zero-order valence-electron chi connectivity index (χ0n) is 39.5. The van der Waals surface area contributed by atoms with Gasteiger partial charge in [0, 0.05) is 28.6 Å². The van der Waals surface area contributed by atoms with Crippen LogP contribution in [0.15, 0.2) is 170 Å². The number of para-hydroxylation sites is 1. The van der Waals surface area contributed by atoms with Crippen LogP contribution < -0.4 is 0 Å². The molecule has 0 amide bonds. The van der Waals surface area contributed by atoms with E-state index < -0.39 is 0 Å². The number of pyridine rings is 1. The Labute approximate surface area is 385 Å². The first-order chi connectivity index (χ1) is 30.9. The molecule has 0 aliphatic heterocycles. The molecule has 2 heterocycles. The van der Waals surface area contributed by atoms with E-state index in [-0.39, 0.29) is 22.0 Å². The minimum absolute atomic E-state index is 0.171. The van der Waals surface area contributed by atoms with Crippen LogP contribution in [-0.2, 0) is 16.2 Å². The molecule has 65 heavy (non-hydrogen) atoms. The van der Waals surface area contributed by atoms with Crippen LogP contribution in [0.25, 0.3) is 83.9 Å². The maximum Gasteiger partial charge on any atom is 0.149 e. The molecule has 0 fully saturated rings. The highest BCUT2D eigenvalue weighted by Gasteiger charge is 2.29. The highest BCUT2D eigenvalue weighted by Crippen LogP contribution is 2.46. The Hall–Kier alpha value is -7.04. The van der Waals surface area contributed by atoms with E-state index in [0.717, 1.165) is 72.5 Å². The van der Waals surface area contributed by atoms with E-state index in [4.69, 9.17) is 9.97 Å². The van der Waals surface area contributed by atoms with Crippen molar-refractivity contribution in [2.75, 3.05) is 0 Å². The number of aryl methyl sites for hydroxylation is 1. The topological polar surface area (TPSA) is 50.9 Å². The van der Waals surface area contributed by atoms with Gasteiger partial charge in [0.1, 0.15) is 11.6 Å². The summed E-state index contributed by atoms with van der Waals surface area (Å²) in [5.41, 5.74) is 18.1. The Morgan fingerprint density at radius 2 is 1.08 bits per heavy atom. The van der Waals surface area contributed by atoms with Crippen molar-refractivity contribution in [3.63, 3.8) is 0 Å². The molecule has 0 unspecified atom stereocenters. The third-order valence-corrected chi connectivity index (χ3v) is 12.7. The number of nitrogens with zero attached hydrogens (tertiary/aromatic N) is 3. The van der Waals surface area contributed by atoms with Gasteiger partial charge in [-0.25, -0.2) is 4.98 Å². The van der Waals surface area contributed by atoms with Crippen molar-refractivity contribution < 1.29 is 5.11 Å². The summed E-state index contributed by atoms with van der Waals surface area (Å²) in [6.07, 6.45) is 1.91. The Balaban J connectivity index is 1.34. The van der Waals surface area contributed by atoms with E-state index >= 15 is 0 Å². The van der Waals surface area contributed by atoms with E-state index in [9.17, 15) is 5.11 Å². The Kier molecular flexibility index (Phi) is 11.0. The summed E-state index contributed by atoms with van der Waals surface area (Å²) in [5.74, 6) is 0.953. The molecule has 0 atom stereocenters. The first-order valence-corrected chi connectivity index (χ1v) is 22.8. The first-order valence-electron chi connectivity index (χ1n) is 22.8. The number of phenolic OH excluding ortho intramolecular Hbond substituents is 1. The van der Waals surface area contributed by atoms with Crippen molar-refractivity contribution in [3.05, 3.63) is 192 Å². The third kappa shape index (κ3) is 8.54. The first kappa shape index (κ1) is 43.2. The van der Waals surface area contributed by atoms with Crippen LogP contribution in [0.3, 0.4) is 0 Å². The van der Waals surface area contributed by atoms with Crippen molar-refractivity contribution in [2.45, 2.75) is 85.5 Å². The van der Waals surface area contributed by atoms with Gasteiger partial charge in [-0.15, -0.1) is 0 Å². The molecule has 4 nitrogen and oxygen atoms in total. The normalized spacial score (nSPS) is 12.2. The lowest BCUT2D eigenvalue weighted by Gasteiger charge is -2.28. The van der Waals surface area contributed by atoms with Crippen molar-refractivity contribution >= 4 is 11.0 Å². The Morgan fingerprint density at radius 3 is 1.74 bits per heavy atom. The van der Waals surface area contributed by atoms with Crippen LogP contribution in [0.1, 0.15) is 84.6 Å². The van der Waals surface area contributed by atoms with Crippen molar-refractivity contribution in [3.8, 4) is 78.6 Å². The summed E-state index contributed by atoms with van der Waals surface area (Å²) < 4.78 is 2.27. The molecular weight excluding hydrogens is 791 g/mol. The zero-order chi connectivity index (χ0) is 45.8. The average Bonchev–Trinajstić information content (AvgIpc) is 3.68. The smallest absolute Gasteiger partial charge is 0.149 e. The molecule has 0 bridgehead atoms. The zero-order valence-corrected chi connectivity index (χ0v) is 39.5. The van der Waals surface area contributed by atoms with Crippen LogP contribution in [0.5, 0.6) is 5.75 Å². The van der Waals surface area contributed by atoms with Gasteiger partial charge < -0.3 is 5.11 Å². The van der Waals surface area contributed by atoms with Gasteiger partial charge in [0.15, 0.2) is 0 Å². The maximum absolute atomic E-state index is 12.5. The molecule has 7 aromatic carbocycles. The number of aromatic hydroxyl groups is 1. The molecule has 4 heteroatoms. The number of hydrogen-bond donors (Lipinski definition) is 1. The van der Waals surface area contributed by atoms with Gasteiger partial charge in [0.25, 0.3) is 0 Å². The van der Waals surface area contributed by atoms with E-state index in [0.29, 0.717) is 11.4 Å². The van der Waals surface area contributed by atoms with Gasteiger partial charge in [-0.05, 0) is 128 Å². The fourth-order valence-corrected chi connectivity index (χ4v) is 8.99. The monoisotopic (exact) mass is 849 g/mol. The van der Waals surface area contributed by atoms with Crippen molar-refractivity contribution in [2.24, 2.45) is 0 Å². The second-order valence-corrected chi connectivity index (χ2v) is 20.7. The van der Waals surface area contributed by atoms with Crippen LogP contribution in [0.2, 0.25) is 0 Å². The fourth-order valence-electron chi connectivity index (χ4n) is 8.99. The molecule has 0 aliphatic rings. The van der Waals surface area contributed by atoms with E-state index in [2.05, 4.69) is 238 Å². The molecule has 0 saturated heterocycles. The van der Waals surface area contributed by atoms with Crippen LogP contribution in [0, 0.1) is 6.92 Å². The van der Waals surface area contributed by atoms with Gasteiger partial charge in [0.2, 0.25) is 0 Å². The molecule has 9 rings (SSSR count). The molecule has 9 aromatic rings. The Morgan fingerprint density at radius 1 is 0.446 bits per heavy atom. The van der Waals surface area contributed by atoms with Gasteiger partial charge >= 0.3 is 0 Å². The van der Waals surface area contributed by atoms with Crippen LogP contribution in [0.4, 0.5) is 0 Å². The summed E-state index contributed by atoms with van der Waals surface area (Å²) in [7, 11) is 0. The minimum Gasteiger partial charge on any atom is -0.507 e. The highest BCUT2D eigenvalue weighted by atomic mass is 16.3. The number of hydrogen-bond acceptors (Lipinski definition) is 3. The fraction of sp³-hybridized carbons (Fsp3) is 0.213. The van der Waals surface area contributed by atoms with Crippen molar-refractivity contribution in [1.82, 2.24) is 14.5 Å². The largest absolute Gasteiger partial charge is 0.507 e. The quantitative estimate of drug-likeness (QED) is 0.174. The summed E-state index contributed by atoms with van der Waals surface area (Å²) >= 11 is 0. The number of benzene rings is 7. The van der Waals surface area contributed by atoms with Gasteiger partial charge in [-0.3, -0.25) is 9.55 Å². The van der Waals surface area contributed by atoms with E-state index in [1.54, 1.807) is 0 Å². The van der Waals surface area contributed by atoms with Gasteiger partial charge in [-0.1, -0.05) is 177 Å². The van der Waals surface area contributed by atoms with Crippen molar-refractivity contribution in [1.29, 1.82) is 0 Å². The predicted octanol–water partition coefficient (Wildman–Crippen LogP) is 16.3. The second kappa shape index (κ2) is 16.5. The van der Waals surface area contributed by atoms with Gasteiger partial charge in [0.05, 0.1) is 22.3 Å². The number of aromatic nitrogens is 3. The van der Waals surface area contributed by atoms with E-state index in [1.165, 1.54) is 22.3 Å². The standard InChI is InChI=1S/C61H59N3O/c1-39-24-26-41(27-25-39)43-30-31-62-54(35-43)46-33-44(40-18-13-11-14-19-40)32-45(34-46)50-22-17-23-55-56(50)63-58(51-36-47(59(2,3)4)37-53(57(51)65)61(8,9)10)64(55)48-28-29-49(42-20-15-12-16-21-42)52(38-48)60(5,6)7/h11-38,65H,1-10H3. The summed E-state index contributed by atoms with van der Waals surface area (Å²) in [6.45, 7) is 22.2. The minimum atomic E-state index is -0.322. The maximum atomic E-state index is 12.5. The Bertz CT molecular complexity index is 3190. The SMILES string of the molecule is Cc1ccc(-c2ccnc(-c3cc(-c4ccccc4)cc(-c4cccc5c4nc(-c4cc(C(C)(C)C)cc(C(C)(C)C)c4O)n5-c4ccc(-c5ccccc5)c(C(C)(C)C)c4)c3)c2)cc1. The number of rotatable bonds is 7. The second-order valence-electron chi connectivity index (χ2n) is 20.7. The van der Waals surface area contributed by atoms with Crippen LogP contribution >= 0.6 is 0 Å². The summed E-state index contributed by atoms with van der Waals surface area (Å²) in [6, 6.07) is 58.5. The molecule has 1 N–H and O–H groups in total. The summed E-state index contributed by atoms with van der Waals surface area (Å²) in [4.78, 5) is 10.6. The van der Waals surface area contributed by atoms with E-state index in [1.807, 2.05) is 6.20 Å². The highest BCUT2D eigenvalue weighted by molar-refractivity contribution is 5.98. The lowest BCUT2D eigenvalue weighted by Crippen LogP contribution is -2.17. The molecule has 0 spiro atoms. The molecule has 0 saturated carbocycles. The van der Waals surface area contributed by atoms with Crippen LogP contribution in [-0.4, -0.2) is 19.6 Å². The average molecular weight is 850 g/mol. The third-order valence-electron chi connectivity index (χ3n) is 12.7. The predicted molar refractivity (Wildman–Crippen MR) is 274 cm³/mol. The lowest BCUT2D eigenvalue weighted by molar-refractivity contribution is 0.446. The lowest BCUT2D eigenvalue weighted by atomic mass is 9.78. The number of fused-ring (bicyclic) bond motifs is 1. The molecule has 0 aliphatic carbocycles.